The average molecular weight is 828 g/mol. The van der Waals surface area contributed by atoms with Gasteiger partial charge in [0, 0.05) is 28.2 Å². The van der Waals surface area contributed by atoms with Crippen LogP contribution in [-0.4, -0.2) is 96.0 Å². The zero-order valence-electron chi connectivity index (χ0n) is 32.6. The van der Waals surface area contributed by atoms with Gasteiger partial charge in [-0.15, -0.1) is 0 Å². The zero-order valence-corrected chi connectivity index (χ0v) is 33.4. The molecular weight excluding hydrogens is 772 g/mol. The summed E-state index contributed by atoms with van der Waals surface area (Å²) in [4.78, 5) is 61.6. The molecule has 0 radical (unpaired) electrons. The summed E-state index contributed by atoms with van der Waals surface area (Å²) < 4.78 is 85.8. The number of allylic oxidation sites excluding steroid dienone is 1. The van der Waals surface area contributed by atoms with Crippen molar-refractivity contribution in [2.24, 2.45) is 17.8 Å². The van der Waals surface area contributed by atoms with E-state index in [-0.39, 0.29) is 35.5 Å². The number of fused-ring (bicyclic) bond motifs is 3. The second kappa shape index (κ2) is 16.0. The maximum Gasteiger partial charge on any atom is 0.427 e. The maximum absolute atomic E-state index is 14.7. The Morgan fingerprint density at radius 3 is 2.53 bits per heavy atom. The highest BCUT2D eigenvalue weighted by molar-refractivity contribution is 7.91. The van der Waals surface area contributed by atoms with Gasteiger partial charge in [0.1, 0.15) is 29.5 Å². The first-order valence-corrected chi connectivity index (χ1v) is 20.9. The lowest BCUT2D eigenvalue weighted by atomic mass is 9.88. The van der Waals surface area contributed by atoms with Crippen LogP contribution in [0.15, 0.2) is 42.6 Å². The Kier molecular flexibility index (Phi) is 11.8. The highest BCUT2D eigenvalue weighted by Gasteiger charge is 2.62. The molecule has 0 bridgehead atoms. The molecule has 57 heavy (non-hydrogen) atoms. The fourth-order valence-electron chi connectivity index (χ4n) is 7.58. The normalized spacial score (nSPS) is 29.2. The van der Waals surface area contributed by atoms with Gasteiger partial charge in [-0.2, -0.15) is 13.2 Å². The van der Waals surface area contributed by atoms with E-state index in [0.29, 0.717) is 63.7 Å². The monoisotopic (exact) mass is 827 g/mol. The van der Waals surface area contributed by atoms with Crippen LogP contribution in [0, 0.1) is 17.8 Å². The molecule has 1 saturated heterocycles. The van der Waals surface area contributed by atoms with Crippen LogP contribution < -0.4 is 24.8 Å². The molecule has 6 rings (SSSR count). The summed E-state index contributed by atoms with van der Waals surface area (Å²) in [6.45, 7) is 7.13. The van der Waals surface area contributed by atoms with Crippen molar-refractivity contribution in [3.63, 3.8) is 0 Å². The van der Waals surface area contributed by atoms with Gasteiger partial charge in [-0.05, 0) is 101 Å². The molecule has 14 nitrogen and oxygen atoms in total. The van der Waals surface area contributed by atoms with Gasteiger partial charge in [0.25, 0.3) is 5.91 Å². The third kappa shape index (κ3) is 9.25. The molecule has 7 atom stereocenters. The fourth-order valence-corrected chi connectivity index (χ4v) is 8.94. The number of aromatic nitrogens is 1. The van der Waals surface area contributed by atoms with Gasteiger partial charge in [0.2, 0.25) is 33.3 Å². The molecule has 318 valence electrons. The van der Waals surface area contributed by atoms with E-state index in [0.717, 1.165) is 5.39 Å². The van der Waals surface area contributed by atoms with Gasteiger partial charge in [-0.1, -0.05) is 26.0 Å². The van der Waals surface area contributed by atoms with Crippen LogP contribution in [0.25, 0.3) is 10.8 Å². The van der Waals surface area contributed by atoms with E-state index in [9.17, 15) is 40.8 Å². The molecule has 3 fully saturated rings. The predicted octanol–water partition coefficient (Wildman–Crippen LogP) is 5.65. The molecule has 1 aromatic heterocycles. The molecule has 0 spiro atoms. The van der Waals surface area contributed by atoms with Crippen LogP contribution in [0.2, 0.25) is 0 Å². The van der Waals surface area contributed by atoms with Crippen LogP contribution in [-0.2, 0) is 29.1 Å². The van der Waals surface area contributed by atoms with Crippen molar-refractivity contribution < 1.29 is 59.3 Å². The van der Waals surface area contributed by atoms with Crippen LogP contribution in [0.5, 0.6) is 11.6 Å². The second-order valence-corrected chi connectivity index (χ2v) is 18.2. The number of amides is 4. The van der Waals surface area contributed by atoms with Crippen molar-refractivity contribution in [1.29, 1.82) is 0 Å². The number of sulfonamides is 1. The number of carbonyl (C=O) groups excluding carboxylic acids is 4. The lowest BCUT2D eigenvalue weighted by Gasteiger charge is -2.34. The first kappa shape index (κ1) is 42.0. The summed E-state index contributed by atoms with van der Waals surface area (Å²) in [6.07, 6.45) is 0.334. The summed E-state index contributed by atoms with van der Waals surface area (Å²) in [5.74, 6) is -2.78. The second-order valence-electron chi connectivity index (χ2n) is 16.2. The summed E-state index contributed by atoms with van der Waals surface area (Å²) in [6, 6.07) is 4.37. The molecule has 2 aliphatic heterocycles. The van der Waals surface area contributed by atoms with E-state index in [1.54, 1.807) is 31.2 Å². The minimum absolute atomic E-state index is 0. The van der Waals surface area contributed by atoms with Gasteiger partial charge in [-0.3, -0.25) is 19.1 Å². The Morgan fingerprint density at radius 1 is 1.11 bits per heavy atom. The summed E-state index contributed by atoms with van der Waals surface area (Å²) in [5.41, 5.74) is -4.50. The number of rotatable bonds is 9. The molecule has 2 aromatic rings. The lowest BCUT2D eigenvalue weighted by Crippen LogP contribution is -2.59. The van der Waals surface area contributed by atoms with Crippen molar-refractivity contribution in [2.45, 2.75) is 120 Å². The van der Waals surface area contributed by atoms with E-state index in [1.807, 2.05) is 26.0 Å². The summed E-state index contributed by atoms with van der Waals surface area (Å²) >= 11 is 0. The predicted molar refractivity (Wildman–Crippen MR) is 208 cm³/mol. The molecular formula is C39H56F3N5O9S. The number of halogens is 3. The molecule has 3 heterocycles. The van der Waals surface area contributed by atoms with Gasteiger partial charge in [0.15, 0.2) is 0 Å². The lowest BCUT2D eigenvalue weighted by molar-refractivity contribution is -0.244. The molecule has 3 N–H and O–H groups in total. The highest BCUT2D eigenvalue weighted by Crippen LogP contribution is 2.46. The Morgan fingerprint density at radius 2 is 1.84 bits per heavy atom. The van der Waals surface area contributed by atoms with Crippen molar-refractivity contribution in [3.05, 3.63) is 42.6 Å². The quantitative estimate of drug-likeness (QED) is 0.267. The standard InChI is InChI=1S/C39H50F3N5O9S.3H2/c1-6-54-26-11-14-29-24(18-26)15-16-43-33(29)55-27-19-30-32(48)45-38(35(50)46-57(52,53)28-12-13-28)20-25(38)10-8-7-9-22(2)17-23(3)31(34(49)47(30)21-27)44-36(51)56-37(4,5)39(40,41)42;;;/h8,10-11,14-16,18,22-23,25,27-28,30-31H,6-7,9,12-13,17,19-21H2,1-5H3,(H,44,51)(H,45,48)(H,46,50);3*1H/b10-8-;;;/t22-,23+,25+,27+,30-,31-,38+;;;/m0.../s1. The van der Waals surface area contributed by atoms with E-state index in [4.69, 9.17) is 14.2 Å². The molecule has 18 heteroatoms. The molecule has 2 saturated carbocycles. The number of nitrogens with zero attached hydrogens (tertiary/aromatic N) is 2. The number of hydrogen-bond acceptors (Lipinski definition) is 10. The van der Waals surface area contributed by atoms with Gasteiger partial charge < -0.3 is 29.7 Å². The Bertz CT molecular complexity index is 2040. The minimum Gasteiger partial charge on any atom is -0.494 e. The number of nitrogens with one attached hydrogen (secondary N) is 3. The zero-order chi connectivity index (χ0) is 41.5. The van der Waals surface area contributed by atoms with Crippen LogP contribution in [0.1, 0.15) is 83.8 Å². The van der Waals surface area contributed by atoms with E-state index < -0.39 is 86.4 Å². The molecule has 2 aliphatic carbocycles. The maximum atomic E-state index is 14.7. The minimum atomic E-state index is -4.91. The van der Waals surface area contributed by atoms with Gasteiger partial charge in [-0.25, -0.2) is 18.2 Å². The molecule has 1 aromatic carbocycles. The SMILES string of the molecule is CCOc1ccc2c(O[C@@H]3C[C@H]4C(=O)N[C@]5(C(=O)NS(=O)(=O)C6CC6)C[C@H]5/C=C\CC[C@H](C)C[C@@H](C)[C@H](NC(=O)OC(C)(C)C(F)(F)F)C(=O)N4C3)nccc2c1.[HH].[HH].[HH]. The Hall–Kier alpha value is -4.61. The fraction of sp³-hybridized carbons (Fsp3) is 0.615. The van der Waals surface area contributed by atoms with Gasteiger partial charge in [0.05, 0.1) is 18.4 Å². The number of benzene rings is 1. The molecule has 0 unspecified atom stereocenters. The van der Waals surface area contributed by atoms with Gasteiger partial charge >= 0.3 is 12.3 Å². The third-order valence-electron chi connectivity index (χ3n) is 11.2. The Labute approximate surface area is 334 Å². The first-order valence-electron chi connectivity index (χ1n) is 19.3. The Balaban J connectivity index is 0.00000320. The number of hydrogen-bond donors (Lipinski definition) is 3. The smallest absolute Gasteiger partial charge is 0.427 e. The highest BCUT2D eigenvalue weighted by atomic mass is 32.2. The number of alkyl halides is 3. The van der Waals surface area contributed by atoms with Crippen molar-refractivity contribution in [3.8, 4) is 11.6 Å². The number of ether oxygens (including phenoxy) is 3. The van der Waals surface area contributed by atoms with E-state index in [2.05, 4.69) is 20.3 Å². The van der Waals surface area contributed by atoms with E-state index in [1.165, 1.54) is 11.1 Å². The number of carbonyl (C=O) groups is 4. The largest absolute Gasteiger partial charge is 0.494 e. The third-order valence-corrected chi connectivity index (χ3v) is 13.0. The molecule has 4 amide bonds. The topological polar surface area (TPSA) is 182 Å². The summed E-state index contributed by atoms with van der Waals surface area (Å²) in [5, 5.41) is 5.85. The number of alkyl carbamates (subject to hydrolysis) is 1. The van der Waals surface area contributed by atoms with Crippen LogP contribution >= 0.6 is 0 Å². The number of pyridine rings is 1. The van der Waals surface area contributed by atoms with Crippen LogP contribution in [0.4, 0.5) is 18.0 Å². The van der Waals surface area contributed by atoms with Crippen molar-refractivity contribution >= 4 is 44.6 Å². The first-order chi connectivity index (χ1) is 26.7. The summed E-state index contributed by atoms with van der Waals surface area (Å²) in [7, 11) is -3.98. The van der Waals surface area contributed by atoms with Crippen molar-refractivity contribution in [1.82, 2.24) is 25.2 Å². The van der Waals surface area contributed by atoms with Crippen LogP contribution in [0.3, 0.4) is 0 Å². The molecule has 4 aliphatic rings. The van der Waals surface area contributed by atoms with E-state index >= 15 is 0 Å². The van der Waals surface area contributed by atoms with Crippen molar-refractivity contribution in [2.75, 3.05) is 13.2 Å². The average Bonchev–Trinajstić information content (AvgIpc) is 4.05.